The summed E-state index contributed by atoms with van der Waals surface area (Å²) in [4.78, 5) is 35.5. The van der Waals surface area contributed by atoms with Crippen LogP contribution in [0, 0.1) is 0 Å². The van der Waals surface area contributed by atoms with Gasteiger partial charge in [0, 0.05) is 12.1 Å². The molecule has 0 fully saturated rings. The SMILES string of the molecule is NC(CC=O)C(=O)NC(CCc1ccccc1)C(=O)Nc1ccc(Cl)c(Cl)c1. The van der Waals surface area contributed by atoms with Gasteiger partial charge in [-0.25, -0.2) is 0 Å². The van der Waals surface area contributed by atoms with Gasteiger partial charge < -0.3 is 21.2 Å². The molecular formula is C20H21Cl2N3O3. The van der Waals surface area contributed by atoms with Crippen LogP contribution in [0.1, 0.15) is 18.4 Å². The van der Waals surface area contributed by atoms with Gasteiger partial charge >= 0.3 is 0 Å². The Bertz CT molecular complexity index is 831. The number of halogens is 2. The molecular weight excluding hydrogens is 401 g/mol. The zero-order valence-electron chi connectivity index (χ0n) is 15.0. The third kappa shape index (κ3) is 6.64. The molecule has 4 N–H and O–H groups in total. The molecule has 148 valence electrons. The summed E-state index contributed by atoms with van der Waals surface area (Å²) in [6.45, 7) is 0. The number of anilines is 1. The summed E-state index contributed by atoms with van der Waals surface area (Å²) >= 11 is 11.9. The van der Waals surface area contributed by atoms with Crippen molar-refractivity contribution < 1.29 is 14.4 Å². The summed E-state index contributed by atoms with van der Waals surface area (Å²) < 4.78 is 0. The average Bonchev–Trinajstić information content (AvgIpc) is 2.68. The number of hydrogen-bond donors (Lipinski definition) is 3. The van der Waals surface area contributed by atoms with Crippen LogP contribution in [-0.4, -0.2) is 30.2 Å². The molecule has 2 rings (SSSR count). The highest BCUT2D eigenvalue weighted by Crippen LogP contribution is 2.25. The van der Waals surface area contributed by atoms with E-state index in [1.54, 1.807) is 12.1 Å². The zero-order chi connectivity index (χ0) is 20.5. The van der Waals surface area contributed by atoms with Gasteiger partial charge in [-0.1, -0.05) is 53.5 Å². The van der Waals surface area contributed by atoms with Crippen LogP contribution in [0.2, 0.25) is 10.0 Å². The number of aryl methyl sites for hydroxylation is 1. The van der Waals surface area contributed by atoms with Crippen molar-refractivity contribution >= 4 is 47.0 Å². The number of rotatable bonds is 9. The Balaban J connectivity index is 2.10. The van der Waals surface area contributed by atoms with Gasteiger partial charge in [-0.05, 0) is 36.6 Å². The molecule has 2 aromatic rings. The summed E-state index contributed by atoms with van der Waals surface area (Å²) in [7, 11) is 0. The monoisotopic (exact) mass is 421 g/mol. The predicted octanol–water partition coefficient (Wildman–Crippen LogP) is 2.97. The summed E-state index contributed by atoms with van der Waals surface area (Å²) in [6, 6.07) is 12.4. The molecule has 0 heterocycles. The molecule has 2 atom stereocenters. The number of aldehydes is 1. The lowest BCUT2D eigenvalue weighted by molar-refractivity contribution is -0.128. The van der Waals surface area contributed by atoms with Gasteiger partial charge in [-0.15, -0.1) is 0 Å². The Morgan fingerprint density at radius 2 is 1.75 bits per heavy atom. The lowest BCUT2D eigenvalue weighted by Gasteiger charge is -2.20. The van der Waals surface area contributed by atoms with E-state index in [1.807, 2.05) is 30.3 Å². The number of carbonyl (C=O) groups is 3. The first kappa shape index (κ1) is 21.9. The molecule has 2 unspecified atom stereocenters. The van der Waals surface area contributed by atoms with Gasteiger partial charge in [-0.2, -0.15) is 0 Å². The zero-order valence-corrected chi connectivity index (χ0v) is 16.5. The highest BCUT2D eigenvalue weighted by molar-refractivity contribution is 6.42. The van der Waals surface area contributed by atoms with Gasteiger partial charge in [-0.3, -0.25) is 9.59 Å². The van der Waals surface area contributed by atoms with Crippen LogP contribution in [0.5, 0.6) is 0 Å². The van der Waals surface area contributed by atoms with Crippen LogP contribution < -0.4 is 16.4 Å². The van der Waals surface area contributed by atoms with Crippen LogP contribution in [0.4, 0.5) is 5.69 Å². The van der Waals surface area contributed by atoms with E-state index in [1.165, 1.54) is 6.07 Å². The Labute approximate surface area is 173 Å². The van der Waals surface area contributed by atoms with E-state index >= 15 is 0 Å². The van der Waals surface area contributed by atoms with Crippen molar-refractivity contribution in [1.82, 2.24) is 5.32 Å². The van der Waals surface area contributed by atoms with E-state index in [-0.39, 0.29) is 6.42 Å². The fourth-order valence-corrected chi connectivity index (χ4v) is 2.82. The van der Waals surface area contributed by atoms with E-state index in [0.29, 0.717) is 34.9 Å². The van der Waals surface area contributed by atoms with E-state index in [4.69, 9.17) is 28.9 Å². The second-order valence-corrected chi connectivity index (χ2v) is 7.03. The molecule has 0 aromatic heterocycles. The van der Waals surface area contributed by atoms with Gasteiger partial charge in [0.05, 0.1) is 16.1 Å². The average molecular weight is 422 g/mol. The number of nitrogens with one attached hydrogen (secondary N) is 2. The maximum absolute atomic E-state index is 12.7. The van der Waals surface area contributed by atoms with Crippen LogP contribution in [0.15, 0.2) is 48.5 Å². The molecule has 0 spiro atoms. The number of benzene rings is 2. The van der Waals surface area contributed by atoms with E-state index in [2.05, 4.69) is 10.6 Å². The third-order valence-corrected chi connectivity index (χ3v) is 4.81. The van der Waals surface area contributed by atoms with Crippen LogP contribution in [0.25, 0.3) is 0 Å². The maximum Gasteiger partial charge on any atom is 0.246 e. The molecule has 2 amide bonds. The number of hydrogen-bond acceptors (Lipinski definition) is 4. The topological polar surface area (TPSA) is 101 Å². The molecule has 0 saturated heterocycles. The summed E-state index contributed by atoms with van der Waals surface area (Å²) in [6.07, 6.45) is 1.38. The maximum atomic E-state index is 12.7. The lowest BCUT2D eigenvalue weighted by atomic mass is 10.0. The first-order chi connectivity index (χ1) is 13.4. The van der Waals surface area contributed by atoms with Crippen molar-refractivity contribution in [3.8, 4) is 0 Å². The largest absolute Gasteiger partial charge is 0.343 e. The molecule has 0 radical (unpaired) electrons. The van der Waals surface area contributed by atoms with Crippen LogP contribution in [0.3, 0.4) is 0 Å². The molecule has 28 heavy (non-hydrogen) atoms. The minimum Gasteiger partial charge on any atom is -0.343 e. The second kappa shape index (κ2) is 10.8. The molecule has 0 aliphatic heterocycles. The standard InChI is InChI=1S/C20H21Cl2N3O3/c21-15-8-7-14(12-16(15)22)24-20(28)18(25-19(27)17(23)10-11-26)9-6-13-4-2-1-3-5-13/h1-5,7-8,11-12,17-18H,6,9-10,23H2,(H,24,28)(H,25,27). The van der Waals surface area contributed by atoms with Gasteiger partial charge in [0.25, 0.3) is 0 Å². The van der Waals surface area contributed by atoms with Crippen molar-refractivity contribution in [2.75, 3.05) is 5.32 Å². The minimum atomic E-state index is -1.01. The highest BCUT2D eigenvalue weighted by Gasteiger charge is 2.24. The molecule has 0 aliphatic carbocycles. The number of nitrogens with two attached hydrogens (primary N) is 1. The van der Waals surface area contributed by atoms with Crippen LogP contribution in [-0.2, 0) is 20.8 Å². The number of carbonyl (C=O) groups excluding carboxylic acids is 3. The Kier molecular flexibility index (Phi) is 8.44. The summed E-state index contributed by atoms with van der Waals surface area (Å²) in [5.41, 5.74) is 7.15. The Morgan fingerprint density at radius 3 is 2.39 bits per heavy atom. The molecule has 6 nitrogen and oxygen atoms in total. The molecule has 0 saturated carbocycles. The quantitative estimate of drug-likeness (QED) is 0.541. The van der Waals surface area contributed by atoms with E-state index in [0.717, 1.165) is 5.56 Å². The summed E-state index contributed by atoms with van der Waals surface area (Å²) in [5, 5.41) is 6.01. The molecule has 2 aromatic carbocycles. The van der Waals surface area contributed by atoms with Gasteiger partial charge in [0.15, 0.2) is 0 Å². The smallest absolute Gasteiger partial charge is 0.246 e. The van der Waals surface area contributed by atoms with Crippen molar-refractivity contribution in [2.24, 2.45) is 5.73 Å². The Hall–Kier alpha value is -2.41. The highest BCUT2D eigenvalue weighted by atomic mass is 35.5. The first-order valence-electron chi connectivity index (χ1n) is 8.70. The van der Waals surface area contributed by atoms with Crippen molar-refractivity contribution in [3.05, 3.63) is 64.1 Å². The van der Waals surface area contributed by atoms with Crippen LogP contribution >= 0.6 is 23.2 Å². The lowest BCUT2D eigenvalue weighted by Crippen LogP contribution is -2.50. The van der Waals surface area contributed by atoms with E-state index in [9.17, 15) is 14.4 Å². The number of amides is 2. The second-order valence-electron chi connectivity index (χ2n) is 6.21. The third-order valence-electron chi connectivity index (χ3n) is 4.07. The summed E-state index contributed by atoms with van der Waals surface area (Å²) in [5.74, 6) is -0.976. The van der Waals surface area contributed by atoms with Gasteiger partial charge in [0.2, 0.25) is 11.8 Å². The van der Waals surface area contributed by atoms with Gasteiger partial charge in [0.1, 0.15) is 12.3 Å². The minimum absolute atomic E-state index is 0.119. The fraction of sp³-hybridized carbons (Fsp3) is 0.250. The van der Waals surface area contributed by atoms with Crippen molar-refractivity contribution in [2.45, 2.75) is 31.3 Å². The van der Waals surface area contributed by atoms with Crippen molar-refractivity contribution in [3.63, 3.8) is 0 Å². The normalized spacial score (nSPS) is 12.7. The first-order valence-corrected chi connectivity index (χ1v) is 9.45. The fourth-order valence-electron chi connectivity index (χ4n) is 2.52. The molecule has 8 heteroatoms. The Morgan fingerprint density at radius 1 is 1.04 bits per heavy atom. The predicted molar refractivity (Wildman–Crippen MR) is 110 cm³/mol. The van der Waals surface area contributed by atoms with E-state index < -0.39 is 23.9 Å². The molecule has 0 bridgehead atoms. The van der Waals surface area contributed by atoms with Crippen molar-refractivity contribution in [1.29, 1.82) is 0 Å². The molecule has 0 aliphatic rings.